The molecule has 0 N–H and O–H groups in total. The number of fused-ring (bicyclic) bond motifs is 1. The summed E-state index contributed by atoms with van der Waals surface area (Å²) in [4.78, 5) is 12.6. The number of carbonyl (C=O) groups excluding carboxylic acids is 1. The Hall–Kier alpha value is -3.33. The van der Waals surface area contributed by atoms with Crippen molar-refractivity contribution in [2.75, 3.05) is 0 Å². The second-order valence-corrected chi connectivity index (χ2v) is 5.42. The van der Waals surface area contributed by atoms with Gasteiger partial charge in [0, 0.05) is 5.56 Å². The molecule has 0 amide bonds. The minimum Gasteiger partial charge on any atom is -0.464 e. The number of benzene rings is 3. The van der Waals surface area contributed by atoms with Gasteiger partial charge in [-0.2, -0.15) is 0 Å². The van der Waals surface area contributed by atoms with Gasteiger partial charge in [0.25, 0.3) is 0 Å². The molecule has 24 heavy (non-hydrogen) atoms. The van der Waals surface area contributed by atoms with Crippen LogP contribution in [0.25, 0.3) is 22.1 Å². The van der Waals surface area contributed by atoms with Crippen molar-refractivity contribution in [1.29, 1.82) is 0 Å². The maximum atomic E-state index is 12.6. The van der Waals surface area contributed by atoms with Gasteiger partial charge >= 0.3 is 5.97 Å². The Morgan fingerprint density at radius 1 is 0.792 bits per heavy atom. The van der Waals surface area contributed by atoms with Crippen LogP contribution >= 0.6 is 0 Å². The van der Waals surface area contributed by atoms with E-state index < -0.39 is 5.97 Å². The standard InChI is InChI=1S/C21H14O3/c22-21(19-9-4-3-8-18(19)20-10-5-13-23-20)24-17-12-11-15-6-1-2-7-16(15)14-17/h1-14H. The average Bonchev–Trinajstić information content (AvgIpc) is 3.16. The van der Waals surface area contributed by atoms with Crippen molar-refractivity contribution in [3.05, 3.63) is 90.7 Å². The zero-order valence-corrected chi connectivity index (χ0v) is 12.8. The van der Waals surface area contributed by atoms with E-state index >= 15 is 0 Å². The largest absolute Gasteiger partial charge is 0.464 e. The lowest BCUT2D eigenvalue weighted by Gasteiger charge is -2.08. The highest BCUT2D eigenvalue weighted by Crippen LogP contribution is 2.26. The quantitative estimate of drug-likeness (QED) is 0.379. The van der Waals surface area contributed by atoms with Crippen LogP contribution in [0.3, 0.4) is 0 Å². The number of rotatable bonds is 3. The second kappa shape index (κ2) is 6.05. The van der Waals surface area contributed by atoms with Gasteiger partial charge < -0.3 is 9.15 Å². The molecule has 0 spiro atoms. The molecule has 0 saturated carbocycles. The molecule has 1 heterocycles. The Bertz CT molecular complexity index is 1000. The van der Waals surface area contributed by atoms with Crippen LogP contribution < -0.4 is 4.74 Å². The molecule has 0 aliphatic rings. The van der Waals surface area contributed by atoms with E-state index in [4.69, 9.17) is 9.15 Å². The van der Waals surface area contributed by atoms with Crippen molar-refractivity contribution in [2.24, 2.45) is 0 Å². The fourth-order valence-electron chi connectivity index (χ4n) is 2.70. The Morgan fingerprint density at radius 2 is 1.58 bits per heavy atom. The molecule has 0 saturated heterocycles. The second-order valence-electron chi connectivity index (χ2n) is 5.42. The molecule has 4 aromatic rings. The highest BCUT2D eigenvalue weighted by molar-refractivity contribution is 5.98. The van der Waals surface area contributed by atoms with Crippen LogP contribution in [0.4, 0.5) is 0 Å². The molecule has 3 aromatic carbocycles. The summed E-state index contributed by atoms with van der Waals surface area (Å²) in [6.45, 7) is 0. The van der Waals surface area contributed by atoms with Crippen LogP contribution in [0.15, 0.2) is 89.5 Å². The molecular weight excluding hydrogens is 300 g/mol. The molecule has 0 fully saturated rings. The highest BCUT2D eigenvalue weighted by atomic mass is 16.5. The third kappa shape index (κ3) is 2.68. The maximum Gasteiger partial charge on any atom is 0.344 e. The summed E-state index contributed by atoms with van der Waals surface area (Å²) in [5.41, 5.74) is 1.19. The predicted octanol–water partition coefficient (Wildman–Crippen LogP) is 5.32. The van der Waals surface area contributed by atoms with Gasteiger partial charge in [-0.05, 0) is 41.1 Å². The normalized spacial score (nSPS) is 10.7. The number of hydrogen-bond donors (Lipinski definition) is 0. The summed E-state index contributed by atoms with van der Waals surface area (Å²) in [5.74, 6) is 0.756. The van der Waals surface area contributed by atoms with Crippen molar-refractivity contribution in [1.82, 2.24) is 0 Å². The fourth-order valence-corrected chi connectivity index (χ4v) is 2.70. The van der Waals surface area contributed by atoms with Crippen LogP contribution in [0, 0.1) is 0 Å². The molecule has 0 radical (unpaired) electrons. The van der Waals surface area contributed by atoms with E-state index in [9.17, 15) is 4.79 Å². The average molecular weight is 314 g/mol. The third-order valence-electron chi connectivity index (χ3n) is 3.87. The molecule has 0 atom stereocenters. The number of ether oxygens (including phenoxy) is 1. The van der Waals surface area contributed by atoms with Crippen molar-refractivity contribution in [3.8, 4) is 17.1 Å². The first-order chi connectivity index (χ1) is 11.8. The Labute approximate surface area is 139 Å². The topological polar surface area (TPSA) is 39.4 Å². The summed E-state index contributed by atoms with van der Waals surface area (Å²) in [6, 6.07) is 24.4. The Kier molecular flexibility index (Phi) is 3.60. The zero-order chi connectivity index (χ0) is 16.4. The van der Waals surface area contributed by atoms with E-state index in [0.29, 0.717) is 22.6 Å². The minimum atomic E-state index is -0.405. The molecule has 4 rings (SSSR count). The third-order valence-corrected chi connectivity index (χ3v) is 3.87. The first kappa shape index (κ1) is 14.3. The van der Waals surface area contributed by atoms with Crippen molar-refractivity contribution in [2.45, 2.75) is 0 Å². The molecule has 3 nitrogen and oxygen atoms in total. The summed E-state index contributed by atoms with van der Waals surface area (Å²) in [7, 11) is 0. The van der Waals surface area contributed by atoms with Gasteiger partial charge in [-0.1, -0.05) is 48.5 Å². The molecule has 0 unspecified atom stereocenters. The SMILES string of the molecule is O=C(Oc1ccc2ccccc2c1)c1ccccc1-c1ccco1. The number of hydrogen-bond acceptors (Lipinski definition) is 3. The van der Waals surface area contributed by atoms with E-state index in [1.165, 1.54) is 0 Å². The molecule has 0 aliphatic carbocycles. The molecular formula is C21H14O3. The predicted molar refractivity (Wildman–Crippen MR) is 93.1 cm³/mol. The maximum absolute atomic E-state index is 12.6. The van der Waals surface area contributed by atoms with Gasteiger partial charge in [0.1, 0.15) is 11.5 Å². The fraction of sp³-hybridized carbons (Fsp3) is 0. The summed E-state index contributed by atoms with van der Waals surface area (Å²) in [6.07, 6.45) is 1.58. The van der Waals surface area contributed by atoms with Crippen LogP contribution in [-0.4, -0.2) is 5.97 Å². The highest BCUT2D eigenvalue weighted by Gasteiger charge is 2.16. The number of esters is 1. The van der Waals surface area contributed by atoms with Crippen LogP contribution in [0.2, 0.25) is 0 Å². The first-order valence-corrected chi connectivity index (χ1v) is 7.65. The van der Waals surface area contributed by atoms with E-state index in [1.54, 1.807) is 24.5 Å². The van der Waals surface area contributed by atoms with Gasteiger partial charge in [0.15, 0.2) is 0 Å². The van der Waals surface area contributed by atoms with Gasteiger partial charge in [0.05, 0.1) is 11.8 Å². The van der Waals surface area contributed by atoms with Gasteiger partial charge in [-0.3, -0.25) is 0 Å². The zero-order valence-electron chi connectivity index (χ0n) is 12.8. The minimum absolute atomic E-state index is 0.405. The summed E-state index contributed by atoms with van der Waals surface area (Å²) >= 11 is 0. The van der Waals surface area contributed by atoms with Crippen molar-refractivity contribution in [3.63, 3.8) is 0 Å². The number of carbonyl (C=O) groups is 1. The Balaban J connectivity index is 1.67. The monoisotopic (exact) mass is 314 g/mol. The lowest BCUT2D eigenvalue weighted by molar-refractivity contribution is 0.0735. The van der Waals surface area contributed by atoms with E-state index in [0.717, 1.165) is 10.8 Å². The van der Waals surface area contributed by atoms with Crippen LogP contribution in [-0.2, 0) is 0 Å². The van der Waals surface area contributed by atoms with E-state index in [-0.39, 0.29) is 0 Å². The molecule has 116 valence electrons. The van der Waals surface area contributed by atoms with E-state index in [2.05, 4.69) is 0 Å². The van der Waals surface area contributed by atoms with E-state index in [1.807, 2.05) is 60.7 Å². The summed E-state index contributed by atoms with van der Waals surface area (Å²) < 4.78 is 11.0. The molecule has 0 bridgehead atoms. The van der Waals surface area contributed by atoms with Crippen LogP contribution in [0.1, 0.15) is 10.4 Å². The smallest absolute Gasteiger partial charge is 0.344 e. The van der Waals surface area contributed by atoms with Gasteiger partial charge in [0.2, 0.25) is 0 Å². The van der Waals surface area contributed by atoms with Crippen molar-refractivity contribution >= 4 is 16.7 Å². The summed E-state index contributed by atoms with van der Waals surface area (Å²) in [5, 5.41) is 2.13. The lowest BCUT2D eigenvalue weighted by atomic mass is 10.1. The molecule has 3 heteroatoms. The van der Waals surface area contributed by atoms with Gasteiger partial charge in [-0.15, -0.1) is 0 Å². The van der Waals surface area contributed by atoms with Gasteiger partial charge in [-0.25, -0.2) is 4.79 Å². The lowest BCUT2D eigenvalue weighted by Crippen LogP contribution is -2.09. The van der Waals surface area contributed by atoms with Crippen molar-refractivity contribution < 1.29 is 13.9 Å². The molecule has 0 aliphatic heterocycles. The number of furan rings is 1. The first-order valence-electron chi connectivity index (χ1n) is 7.65. The van der Waals surface area contributed by atoms with Crippen LogP contribution in [0.5, 0.6) is 5.75 Å². The molecule has 1 aromatic heterocycles. The Morgan fingerprint density at radius 3 is 2.42 bits per heavy atom.